The minimum Gasteiger partial charge on any atom is -0.497 e. The minimum atomic E-state index is -0.0822. The molecule has 0 aliphatic carbocycles. The van der Waals surface area contributed by atoms with Crippen LogP contribution in [-0.4, -0.2) is 54.2 Å². The van der Waals surface area contributed by atoms with E-state index in [2.05, 4.69) is 9.97 Å². The molecule has 0 spiro atoms. The van der Waals surface area contributed by atoms with Gasteiger partial charge in [0.1, 0.15) is 11.9 Å². The van der Waals surface area contributed by atoms with Crippen LogP contribution in [0.15, 0.2) is 36.7 Å². The second-order valence-electron chi connectivity index (χ2n) is 5.79. The summed E-state index contributed by atoms with van der Waals surface area (Å²) in [4.78, 5) is 22.5. The van der Waals surface area contributed by atoms with Crippen molar-refractivity contribution in [2.75, 3.05) is 27.3 Å². The fraction of sp³-hybridized carbons (Fsp3) is 0.389. The number of carbonyl (C=O) groups is 1. The summed E-state index contributed by atoms with van der Waals surface area (Å²) in [6.45, 7) is 1.23. The van der Waals surface area contributed by atoms with Gasteiger partial charge in [-0.2, -0.15) is 4.98 Å². The van der Waals surface area contributed by atoms with Gasteiger partial charge >= 0.3 is 0 Å². The van der Waals surface area contributed by atoms with Crippen molar-refractivity contribution in [1.29, 1.82) is 0 Å². The number of ether oxygens (including phenoxy) is 3. The highest BCUT2D eigenvalue weighted by Gasteiger charge is 2.28. The predicted octanol–water partition coefficient (Wildman–Crippen LogP) is 1.72. The third-order valence-corrected chi connectivity index (χ3v) is 4.10. The van der Waals surface area contributed by atoms with Crippen molar-refractivity contribution in [1.82, 2.24) is 14.9 Å². The van der Waals surface area contributed by atoms with Gasteiger partial charge in [0.25, 0.3) is 0 Å². The van der Waals surface area contributed by atoms with E-state index in [9.17, 15) is 4.79 Å². The van der Waals surface area contributed by atoms with Crippen LogP contribution in [0.5, 0.6) is 17.5 Å². The Morgan fingerprint density at radius 3 is 2.64 bits per heavy atom. The lowest BCUT2D eigenvalue weighted by Crippen LogP contribution is -2.32. The Hall–Kier alpha value is -2.83. The molecule has 1 fully saturated rings. The van der Waals surface area contributed by atoms with Crippen LogP contribution in [0.2, 0.25) is 0 Å². The Balaban J connectivity index is 1.53. The molecular formula is C18H21N3O4. The maximum atomic E-state index is 12.5. The van der Waals surface area contributed by atoms with E-state index < -0.39 is 0 Å². The third kappa shape index (κ3) is 4.37. The smallest absolute Gasteiger partial charge is 0.235 e. The van der Waals surface area contributed by atoms with E-state index in [1.807, 2.05) is 29.2 Å². The molecule has 0 saturated carbocycles. The Labute approximate surface area is 146 Å². The van der Waals surface area contributed by atoms with Crippen LogP contribution in [-0.2, 0) is 11.2 Å². The van der Waals surface area contributed by atoms with E-state index >= 15 is 0 Å². The predicted molar refractivity (Wildman–Crippen MR) is 90.9 cm³/mol. The monoisotopic (exact) mass is 343 g/mol. The van der Waals surface area contributed by atoms with Crippen LogP contribution in [0.3, 0.4) is 0 Å². The van der Waals surface area contributed by atoms with E-state index in [-0.39, 0.29) is 12.0 Å². The molecule has 1 atom stereocenters. The third-order valence-electron chi connectivity index (χ3n) is 4.10. The van der Waals surface area contributed by atoms with Crippen molar-refractivity contribution in [3.05, 3.63) is 42.2 Å². The fourth-order valence-corrected chi connectivity index (χ4v) is 2.74. The van der Waals surface area contributed by atoms with Crippen molar-refractivity contribution in [2.45, 2.75) is 18.9 Å². The molecule has 0 N–H and O–H groups in total. The first kappa shape index (κ1) is 17.0. The SMILES string of the molecule is COc1ccc(CC(=O)N2CCC(Oc3cncc(OC)n3)C2)cc1. The normalized spacial score (nSPS) is 16.6. The van der Waals surface area contributed by atoms with Crippen LogP contribution in [0, 0.1) is 0 Å². The molecule has 1 aliphatic rings. The first-order valence-corrected chi connectivity index (χ1v) is 8.11. The molecule has 0 radical (unpaired) electrons. The molecule has 2 heterocycles. The lowest BCUT2D eigenvalue weighted by molar-refractivity contribution is -0.129. The molecule has 1 saturated heterocycles. The van der Waals surface area contributed by atoms with E-state index in [0.717, 1.165) is 17.7 Å². The standard InChI is InChI=1S/C18H21N3O4/c1-23-14-5-3-13(4-6-14)9-18(22)21-8-7-15(12-21)25-17-11-19-10-16(20-17)24-2/h3-6,10-11,15H,7-9,12H2,1-2H3. The van der Waals surface area contributed by atoms with E-state index in [0.29, 0.717) is 31.3 Å². The largest absolute Gasteiger partial charge is 0.497 e. The van der Waals surface area contributed by atoms with Crippen molar-refractivity contribution in [3.63, 3.8) is 0 Å². The Kier molecular flexibility index (Phi) is 5.33. The highest BCUT2D eigenvalue weighted by molar-refractivity contribution is 5.79. The quantitative estimate of drug-likeness (QED) is 0.795. The van der Waals surface area contributed by atoms with Gasteiger partial charge in [-0.1, -0.05) is 12.1 Å². The molecule has 0 bridgehead atoms. The highest BCUT2D eigenvalue weighted by Crippen LogP contribution is 2.19. The topological polar surface area (TPSA) is 73.8 Å². The zero-order chi connectivity index (χ0) is 17.6. The van der Waals surface area contributed by atoms with Crippen molar-refractivity contribution >= 4 is 5.91 Å². The van der Waals surface area contributed by atoms with Crippen LogP contribution in [0.1, 0.15) is 12.0 Å². The molecule has 25 heavy (non-hydrogen) atoms. The number of rotatable bonds is 6. The molecule has 7 heteroatoms. The van der Waals surface area contributed by atoms with Gasteiger partial charge in [-0.25, -0.2) is 0 Å². The Bertz CT molecular complexity index is 721. The summed E-state index contributed by atoms with van der Waals surface area (Å²) < 4.78 is 16.0. The zero-order valence-corrected chi connectivity index (χ0v) is 14.3. The van der Waals surface area contributed by atoms with E-state index in [1.165, 1.54) is 13.3 Å². The van der Waals surface area contributed by atoms with Crippen LogP contribution >= 0.6 is 0 Å². The first-order valence-electron chi connectivity index (χ1n) is 8.11. The Morgan fingerprint density at radius 2 is 1.92 bits per heavy atom. The van der Waals surface area contributed by atoms with E-state index in [4.69, 9.17) is 14.2 Å². The van der Waals surface area contributed by atoms with E-state index in [1.54, 1.807) is 13.3 Å². The molecular weight excluding hydrogens is 322 g/mol. The maximum absolute atomic E-state index is 12.5. The summed E-state index contributed by atoms with van der Waals surface area (Å²) in [5.74, 6) is 1.69. The van der Waals surface area contributed by atoms with Gasteiger partial charge in [0.15, 0.2) is 0 Å². The van der Waals surface area contributed by atoms with Gasteiger partial charge in [0.05, 0.1) is 39.6 Å². The number of methoxy groups -OCH3 is 2. The Morgan fingerprint density at radius 1 is 1.16 bits per heavy atom. The van der Waals surface area contributed by atoms with Gasteiger partial charge in [-0.15, -0.1) is 0 Å². The summed E-state index contributed by atoms with van der Waals surface area (Å²) in [5, 5.41) is 0. The molecule has 1 aromatic heterocycles. The molecule has 1 amide bonds. The zero-order valence-electron chi connectivity index (χ0n) is 14.3. The first-order chi connectivity index (χ1) is 12.2. The molecule has 2 aromatic rings. The summed E-state index contributed by atoms with van der Waals surface area (Å²) in [6.07, 6.45) is 4.13. The summed E-state index contributed by atoms with van der Waals surface area (Å²) >= 11 is 0. The highest BCUT2D eigenvalue weighted by atomic mass is 16.5. The maximum Gasteiger partial charge on any atom is 0.235 e. The van der Waals surface area contributed by atoms with Gasteiger partial charge < -0.3 is 19.1 Å². The van der Waals surface area contributed by atoms with Crippen LogP contribution in [0.4, 0.5) is 0 Å². The number of aromatic nitrogens is 2. The molecule has 3 rings (SSSR count). The van der Waals surface area contributed by atoms with Gasteiger partial charge in [-0.3, -0.25) is 9.78 Å². The van der Waals surface area contributed by atoms with Crippen LogP contribution < -0.4 is 14.2 Å². The number of hydrogen-bond acceptors (Lipinski definition) is 6. The van der Waals surface area contributed by atoms with Crippen molar-refractivity contribution in [2.24, 2.45) is 0 Å². The number of hydrogen-bond donors (Lipinski definition) is 0. The fourth-order valence-electron chi connectivity index (χ4n) is 2.74. The van der Waals surface area contributed by atoms with Crippen LogP contribution in [0.25, 0.3) is 0 Å². The second-order valence-corrected chi connectivity index (χ2v) is 5.79. The number of nitrogens with zero attached hydrogens (tertiary/aromatic N) is 3. The second kappa shape index (κ2) is 7.83. The number of likely N-dealkylation sites (tertiary alicyclic amines) is 1. The van der Waals surface area contributed by atoms with Crippen molar-refractivity contribution in [3.8, 4) is 17.5 Å². The van der Waals surface area contributed by atoms with Crippen molar-refractivity contribution < 1.29 is 19.0 Å². The molecule has 7 nitrogen and oxygen atoms in total. The molecule has 132 valence electrons. The summed E-state index contributed by atoms with van der Waals surface area (Å²) in [6, 6.07) is 7.54. The summed E-state index contributed by atoms with van der Waals surface area (Å²) in [5.41, 5.74) is 0.967. The molecule has 1 aromatic carbocycles. The lowest BCUT2D eigenvalue weighted by atomic mass is 10.1. The average Bonchev–Trinajstić information content (AvgIpc) is 3.11. The van der Waals surface area contributed by atoms with Gasteiger partial charge in [0.2, 0.25) is 17.7 Å². The summed E-state index contributed by atoms with van der Waals surface area (Å²) in [7, 11) is 3.15. The molecule has 1 unspecified atom stereocenters. The van der Waals surface area contributed by atoms with Gasteiger partial charge in [0, 0.05) is 13.0 Å². The number of carbonyl (C=O) groups excluding carboxylic acids is 1. The lowest BCUT2D eigenvalue weighted by Gasteiger charge is -2.17. The number of benzene rings is 1. The molecule has 1 aliphatic heterocycles. The number of amides is 1. The minimum absolute atomic E-state index is 0.0822. The average molecular weight is 343 g/mol. The van der Waals surface area contributed by atoms with Gasteiger partial charge in [-0.05, 0) is 17.7 Å².